The molecule has 0 aromatic heterocycles. The minimum atomic E-state index is 0.770. The average Bonchev–Trinajstić information content (AvgIpc) is 2.19. The maximum Gasteiger partial charge on any atom is 0.0178 e. The minimum Gasteiger partial charge on any atom is -0.0533 e. The maximum atomic E-state index is 3.51. The van der Waals surface area contributed by atoms with Crippen molar-refractivity contribution in [3.05, 3.63) is 34.3 Å². The lowest BCUT2D eigenvalue weighted by Gasteiger charge is -2.21. The Morgan fingerprint density at radius 2 is 2.00 bits per heavy atom. The van der Waals surface area contributed by atoms with E-state index in [1.165, 1.54) is 42.1 Å². The van der Waals surface area contributed by atoms with Gasteiger partial charge in [-0.25, -0.2) is 0 Å². The van der Waals surface area contributed by atoms with Gasteiger partial charge in [0.15, 0.2) is 0 Å². The normalized spacial score (nSPS) is 18.8. The molecule has 0 N–H and O–H groups in total. The summed E-state index contributed by atoms with van der Waals surface area (Å²) in [6.07, 6.45) is 6.92. The Morgan fingerprint density at radius 3 is 2.69 bits per heavy atom. The fraction of sp³-hybridized carbons (Fsp3) is 0.500. The highest BCUT2D eigenvalue weighted by Gasteiger charge is 2.15. The summed E-state index contributed by atoms with van der Waals surface area (Å²) in [6.45, 7) is 0. The zero-order valence-electron chi connectivity index (χ0n) is 7.72. The van der Waals surface area contributed by atoms with Gasteiger partial charge in [-0.3, -0.25) is 0 Å². The van der Waals surface area contributed by atoms with Crippen LogP contribution in [0.25, 0.3) is 0 Å². The molecule has 1 aromatic rings. The van der Waals surface area contributed by atoms with Crippen LogP contribution in [0.5, 0.6) is 0 Å². The van der Waals surface area contributed by atoms with Gasteiger partial charge in [0.25, 0.3) is 0 Å². The molecule has 0 spiro atoms. The first-order valence-corrected chi connectivity index (χ1v) is 5.83. The van der Waals surface area contributed by atoms with Crippen molar-refractivity contribution in [3.8, 4) is 0 Å². The van der Waals surface area contributed by atoms with Crippen molar-refractivity contribution in [1.29, 1.82) is 0 Å². The van der Waals surface area contributed by atoms with E-state index in [-0.39, 0.29) is 0 Å². The van der Waals surface area contributed by atoms with Crippen LogP contribution in [0.1, 0.15) is 43.6 Å². The SMILES string of the molecule is Brc1cc[c]c(C2CCCCC2)c1. The molecule has 1 aliphatic carbocycles. The minimum absolute atomic E-state index is 0.770. The summed E-state index contributed by atoms with van der Waals surface area (Å²) in [7, 11) is 0. The first kappa shape index (κ1) is 9.26. The molecule has 0 nitrogen and oxygen atoms in total. The van der Waals surface area contributed by atoms with Gasteiger partial charge in [-0.1, -0.05) is 41.3 Å². The van der Waals surface area contributed by atoms with Gasteiger partial charge in [0.1, 0.15) is 0 Å². The predicted octanol–water partition coefficient (Wildman–Crippen LogP) is 4.30. The van der Waals surface area contributed by atoms with Gasteiger partial charge >= 0.3 is 0 Å². The molecule has 1 saturated carbocycles. The van der Waals surface area contributed by atoms with Crippen LogP contribution >= 0.6 is 15.9 Å². The summed E-state index contributed by atoms with van der Waals surface area (Å²) < 4.78 is 1.19. The van der Waals surface area contributed by atoms with E-state index in [0.717, 1.165) is 5.92 Å². The van der Waals surface area contributed by atoms with Crippen molar-refractivity contribution in [2.75, 3.05) is 0 Å². The van der Waals surface area contributed by atoms with Gasteiger partial charge in [-0.15, -0.1) is 0 Å². The van der Waals surface area contributed by atoms with Gasteiger partial charge in [0.2, 0.25) is 0 Å². The van der Waals surface area contributed by atoms with Crippen molar-refractivity contribution < 1.29 is 0 Å². The third-order valence-electron chi connectivity index (χ3n) is 2.83. The second-order valence-electron chi connectivity index (χ2n) is 3.80. The highest BCUT2D eigenvalue weighted by Crippen LogP contribution is 2.33. The van der Waals surface area contributed by atoms with Crippen LogP contribution < -0.4 is 0 Å². The van der Waals surface area contributed by atoms with Crippen LogP contribution in [0, 0.1) is 6.07 Å². The largest absolute Gasteiger partial charge is 0.0533 e. The zero-order valence-corrected chi connectivity index (χ0v) is 9.31. The Balaban J connectivity index is 2.14. The summed E-state index contributed by atoms with van der Waals surface area (Å²) in [5, 5.41) is 0. The lowest BCUT2D eigenvalue weighted by Crippen LogP contribution is -2.04. The van der Waals surface area contributed by atoms with Gasteiger partial charge in [-0.2, -0.15) is 0 Å². The van der Waals surface area contributed by atoms with Crippen LogP contribution in [0.15, 0.2) is 22.7 Å². The summed E-state index contributed by atoms with van der Waals surface area (Å²) in [6, 6.07) is 9.64. The molecule has 13 heavy (non-hydrogen) atoms. The van der Waals surface area contributed by atoms with Crippen molar-refractivity contribution in [1.82, 2.24) is 0 Å². The summed E-state index contributed by atoms with van der Waals surface area (Å²) in [5.41, 5.74) is 1.40. The van der Waals surface area contributed by atoms with E-state index in [0.29, 0.717) is 0 Å². The second kappa shape index (κ2) is 4.28. The maximum absolute atomic E-state index is 3.51. The Kier molecular flexibility index (Phi) is 3.05. The van der Waals surface area contributed by atoms with Crippen LogP contribution in [0.3, 0.4) is 0 Å². The van der Waals surface area contributed by atoms with Crippen molar-refractivity contribution in [2.45, 2.75) is 38.0 Å². The highest BCUT2D eigenvalue weighted by atomic mass is 79.9. The smallest absolute Gasteiger partial charge is 0.0178 e. The molecule has 0 aliphatic heterocycles. The van der Waals surface area contributed by atoms with Gasteiger partial charge in [-0.05, 0) is 42.5 Å². The Bertz CT molecular complexity index is 274. The molecule has 1 aliphatic rings. The molecular formula is C12H14Br. The molecule has 0 saturated heterocycles. The third kappa shape index (κ3) is 2.34. The van der Waals surface area contributed by atoms with Crippen LogP contribution in [0.2, 0.25) is 0 Å². The molecule has 0 amide bonds. The lowest BCUT2D eigenvalue weighted by molar-refractivity contribution is 0.443. The van der Waals surface area contributed by atoms with E-state index >= 15 is 0 Å². The molecule has 0 atom stereocenters. The van der Waals surface area contributed by atoms with Gasteiger partial charge < -0.3 is 0 Å². The van der Waals surface area contributed by atoms with E-state index < -0.39 is 0 Å². The standard InChI is InChI=1S/C12H14Br/c13-12-8-4-7-11(9-12)10-5-2-1-3-6-10/h4,8-10H,1-3,5-6H2. The number of hydrogen-bond acceptors (Lipinski definition) is 0. The molecule has 2 rings (SSSR count). The molecule has 1 heteroatoms. The Labute approximate surface area is 88.5 Å². The van der Waals surface area contributed by atoms with E-state index in [1.54, 1.807) is 0 Å². The van der Waals surface area contributed by atoms with Crippen LogP contribution in [0.4, 0.5) is 0 Å². The average molecular weight is 238 g/mol. The number of hydrogen-bond donors (Lipinski definition) is 0. The molecule has 69 valence electrons. The molecule has 0 heterocycles. The summed E-state index contributed by atoms with van der Waals surface area (Å²) in [4.78, 5) is 0. The number of benzene rings is 1. The first-order valence-electron chi connectivity index (χ1n) is 5.03. The number of halogens is 1. The summed E-state index contributed by atoms with van der Waals surface area (Å²) in [5.74, 6) is 0.770. The third-order valence-corrected chi connectivity index (χ3v) is 3.32. The topological polar surface area (TPSA) is 0 Å². The second-order valence-corrected chi connectivity index (χ2v) is 4.71. The molecule has 0 bridgehead atoms. The van der Waals surface area contributed by atoms with E-state index in [1.807, 2.05) is 12.1 Å². The molecular weight excluding hydrogens is 224 g/mol. The fourth-order valence-corrected chi connectivity index (χ4v) is 2.48. The Hall–Kier alpha value is -0.300. The summed E-state index contributed by atoms with van der Waals surface area (Å²) >= 11 is 3.51. The van der Waals surface area contributed by atoms with Crippen LogP contribution in [-0.4, -0.2) is 0 Å². The van der Waals surface area contributed by atoms with Crippen molar-refractivity contribution in [2.24, 2.45) is 0 Å². The van der Waals surface area contributed by atoms with E-state index in [9.17, 15) is 0 Å². The van der Waals surface area contributed by atoms with E-state index in [2.05, 4.69) is 28.1 Å². The molecule has 1 radical (unpaired) electrons. The van der Waals surface area contributed by atoms with Gasteiger partial charge in [0.05, 0.1) is 0 Å². The number of rotatable bonds is 1. The predicted molar refractivity (Wildman–Crippen MR) is 58.8 cm³/mol. The highest BCUT2D eigenvalue weighted by molar-refractivity contribution is 9.10. The molecule has 0 unspecified atom stereocenters. The fourth-order valence-electron chi connectivity index (χ4n) is 2.11. The van der Waals surface area contributed by atoms with Crippen molar-refractivity contribution >= 4 is 15.9 Å². The molecule has 1 aromatic carbocycles. The van der Waals surface area contributed by atoms with Gasteiger partial charge in [0, 0.05) is 4.47 Å². The quantitative estimate of drug-likeness (QED) is 0.684. The first-order chi connectivity index (χ1) is 6.36. The van der Waals surface area contributed by atoms with Crippen LogP contribution in [-0.2, 0) is 0 Å². The van der Waals surface area contributed by atoms with E-state index in [4.69, 9.17) is 0 Å². The molecule has 1 fully saturated rings. The lowest BCUT2D eigenvalue weighted by atomic mass is 9.84. The monoisotopic (exact) mass is 237 g/mol. The van der Waals surface area contributed by atoms with Crippen molar-refractivity contribution in [3.63, 3.8) is 0 Å². The Morgan fingerprint density at radius 1 is 1.23 bits per heavy atom. The zero-order chi connectivity index (χ0) is 9.10.